The summed E-state index contributed by atoms with van der Waals surface area (Å²) in [7, 11) is 0. The largest absolute Gasteiger partial charge is 0.444 e. The number of hydrogen-bond donors (Lipinski definition) is 0. The van der Waals surface area contributed by atoms with E-state index in [2.05, 4.69) is 6.92 Å². The monoisotopic (exact) mass is 241 g/mol. The maximum Gasteiger partial charge on any atom is 0.410 e. The van der Waals surface area contributed by atoms with Gasteiger partial charge in [-0.2, -0.15) is 0 Å². The van der Waals surface area contributed by atoms with Crippen LogP contribution in [0.25, 0.3) is 0 Å². The second-order valence-electron chi connectivity index (χ2n) is 6.04. The molecule has 0 N–H and O–H groups in total. The summed E-state index contributed by atoms with van der Waals surface area (Å²) in [6.45, 7) is 9.41. The first-order valence-corrected chi connectivity index (χ1v) is 6.51. The molecule has 4 nitrogen and oxygen atoms in total. The fourth-order valence-corrected chi connectivity index (χ4v) is 2.58. The molecule has 2 fully saturated rings. The molecular formula is C13H23NO3. The fourth-order valence-electron chi connectivity index (χ4n) is 2.58. The Morgan fingerprint density at radius 2 is 2.18 bits per heavy atom. The second-order valence-corrected chi connectivity index (χ2v) is 6.04. The summed E-state index contributed by atoms with van der Waals surface area (Å²) in [5.74, 6) is 0. The highest BCUT2D eigenvalue weighted by molar-refractivity contribution is 5.69. The van der Waals surface area contributed by atoms with Crippen molar-refractivity contribution < 1.29 is 14.3 Å². The topological polar surface area (TPSA) is 42.1 Å². The summed E-state index contributed by atoms with van der Waals surface area (Å²) < 4.78 is 11.0. The Morgan fingerprint density at radius 1 is 1.53 bits per heavy atom. The van der Waals surface area contributed by atoms with Gasteiger partial charge in [-0.15, -0.1) is 0 Å². The van der Waals surface area contributed by atoms with Crippen LogP contribution in [0.1, 0.15) is 47.0 Å². The van der Waals surface area contributed by atoms with Gasteiger partial charge in [0.25, 0.3) is 0 Å². The Hall–Kier alpha value is -0.770. The predicted molar refractivity (Wildman–Crippen MR) is 64.9 cm³/mol. The van der Waals surface area contributed by atoms with Gasteiger partial charge in [0.2, 0.25) is 0 Å². The molecule has 0 aliphatic carbocycles. The van der Waals surface area contributed by atoms with Gasteiger partial charge in [0.05, 0.1) is 12.6 Å². The van der Waals surface area contributed by atoms with E-state index in [4.69, 9.17) is 9.47 Å². The van der Waals surface area contributed by atoms with Crippen molar-refractivity contribution in [1.82, 2.24) is 4.90 Å². The van der Waals surface area contributed by atoms with Gasteiger partial charge in [0.1, 0.15) is 11.2 Å². The summed E-state index contributed by atoms with van der Waals surface area (Å²) in [6.07, 6.45) is 2.86. The highest BCUT2D eigenvalue weighted by atomic mass is 16.6. The molecule has 0 saturated carbocycles. The fraction of sp³-hybridized carbons (Fsp3) is 0.923. The van der Waals surface area contributed by atoms with Gasteiger partial charge in [0, 0.05) is 6.54 Å². The van der Waals surface area contributed by atoms with E-state index < -0.39 is 5.60 Å². The lowest BCUT2D eigenvalue weighted by molar-refractivity contribution is 0.0143. The Kier molecular flexibility index (Phi) is 3.10. The van der Waals surface area contributed by atoms with Gasteiger partial charge >= 0.3 is 6.09 Å². The number of carbonyl (C=O) groups is 1. The normalized spacial score (nSPS) is 32.7. The molecule has 1 amide bonds. The number of rotatable bonds is 2. The molecule has 0 radical (unpaired) electrons. The van der Waals surface area contributed by atoms with E-state index >= 15 is 0 Å². The van der Waals surface area contributed by atoms with E-state index in [-0.39, 0.29) is 17.7 Å². The number of ether oxygens (including phenoxy) is 2. The Morgan fingerprint density at radius 3 is 2.65 bits per heavy atom. The first-order chi connectivity index (χ1) is 7.88. The predicted octanol–water partition coefficient (Wildman–Crippen LogP) is 2.56. The van der Waals surface area contributed by atoms with Crippen LogP contribution in [-0.2, 0) is 9.47 Å². The lowest BCUT2D eigenvalue weighted by Gasteiger charge is -2.31. The minimum Gasteiger partial charge on any atom is -0.444 e. The van der Waals surface area contributed by atoms with Crippen LogP contribution in [0.15, 0.2) is 0 Å². The number of hydrogen-bond acceptors (Lipinski definition) is 3. The molecule has 2 aliphatic heterocycles. The first-order valence-electron chi connectivity index (χ1n) is 6.51. The Balaban J connectivity index is 2.02. The van der Waals surface area contributed by atoms with E-state index in [0.717, 1.165) is 32.4 Å². The van der Waals surface area contributed by atoms with Crippen molar-refractivity contribution >= 4 is 6.09 Å². The van der Waals surface area contributed by atoms with Gasteiger partial charge in [-0.3, -0.25) is 0 Å². The third-order valence-electron chi connectivity index (χ3n) is 3.60. The second kappa shape index (κ2) is 4.16. The summed E-state index contributed by atoms with van der Waals surface area (Å²) in [5, 5.41) is 0. The van der Waals surface area contributed by atoms with Crippen molar-refractivity contribution in [1.29, 1.82) is 0 Å². The van der Waals surface area contributed by atoms with Crippen molar-refractivity contribution in [3.63, 3.8) is 0 Å². The van der Waals surface area contributed by atoms with Crippen molar-refractivity contribution in [3.8, 4) is 0 Å². The van der Waals surface area contributed by atoms with Gasteiger partial charge < -0.3 is 14.4 Å². The molecule has 4 heteroatoms. The third-order valence-corrected chi connectivity index (χ3v) is 3.60. The van der Waals surface area contributed by atoms with Gasteiger partial charge in [-0.25, -0.2) is 4.79 Å². The van der Waals surface area contributed by atoms with Crippen molar-refractivity contribution in [2.45, 2.75) is 64.2 Å². The SMILES string of the molecule is CC[C@]1([C@H]2CCCN2C(=O)OC(C)(C)C)CO1. The number of carbonyl (C=O) groups excluding carboxylic acids is 1. The molecule has 0 unspecified atom stereocenters. The van der Waals surface area contributed by atoms with Crippen LogP contribution in [0.2, 0.25) is 0 Å². The molecule has 0 spiro atoms. The number of nitrogens with zero attached hydrogens (tertiary/aromatic N) is 1. The highest BCUT2D eigenvalue weighted by Gasteiger charge is 2.55. The summed E-state index contributed by atoms with van der Waals surface area (Å²) >= 11 is 0. The minimum atomic E-state index is -0.423. The van der Waals surface area contributed by atoms with Crippen molar-refractivity contribution in [2.75, 3.05) is 13.2 Å². The zero-order valence-corrected chi connectivity index (χ0v) is 11.3. The molecule has 98 valence electrons. The first kappa shape index (κ1) is 12.7. The van der Waals surface area contributed by atoms with E-state index in [0.29, 0.717) is 0 Å². The molecule has 17 heavy (non-hydrogen) atoms. The van der Waals surface area contributed by atoms with Crippen LogP contribution < -0.4 is 0 Å². The zero-order chi connectivity index (χ0) is 12.7. The van der Waals surface area contributed by atoms with Crippen LogP contribution in [0, 0.1) is 0 Å². The summed E-state index contributed by atoms with van der Waals surface area (Å²) in [6, 6.07) is 0.211. The maximum absolute atomic E-state index is 12.1. The Labute approximate surface area is 103 Å². The van der Waals surface area contributed by atoms with E-state index in [1.807, 2.05) is 25.7 Å². The lowest BCUT2D eigenvalue weighted by atomic mass is 9.96. The molecule has 0 bridgehead atoms. The molecule has 2 rings (SSSR count). The number of amides is 1. The van der Waals surface area contributed by atoms with Crippen molar-refractivity contribution in [3.05, 3.63) is 0 Å². The quantitative estimate of drug-likeness (QED) is 0.698. The molecule has 2 atom stereocenters. The van der Waals surface area contributed by atoms with Crippen molar-refractivity contribution in [2.24, 2.45) is 0 Å². The van der Waals surface area contributed by atoms with Gasteiger partial charge in [-0.1, -0.05) is 6.92 Å². The smallest absolute Gasteiger partial charge is 0.410 e. The van der Waals surface area contributed by atoms with Gasteiger partial charge in [0.15, 0.2) is 0 Å². The zero-order valence-electron chi connectivity index (χ0n) is 11.3. The molecule has 0 aromatic heterocycles. The molecule has 2 aliphatic rings. The average Bonchev–Trinajstić information content (AvgIpc) is 2.85. The molecule has 2 saturated heterocycles. The van der Waals surface area contributed by atoms with Gasteiger partial charge in [-0.05, 0) is 40.0 Å². The Bertz CT molecular complexity index is 304. The summed E-state index contributed by atoms with van der Waals surface area (Å²) in [4.78, 5) is 14.0. The van der Waals surface area contributed by atoms with Crippen LogP contribution in [0.5, 0.6) is 0 Å². The third kappa shape index (κ3) is 2.57. The standard InChI is InChI=1S/C13H23NO3/c1-5-13(9-16-13)10-7-6-8-14(10)11(15)17-12(2,3)4/h10H,5-9H2,1-4H3/t10-,13-/m1/s1. The number of epoxide rings is 1. The van der Waals surface area contributed by atoms with E-state index in [9.17, 15) is 4.79 Å². The lowest BCUT2D eigenvalue weighted by Crippen LogP contribution is -2.46. The highest BCUT2D eigenvalue weighted by Crippen LogP contribution is 2.42. The van der Waals surface area contributed by atoms with Crippen LogP contribution in [-0.4, -0.2) is 41.4 Å². The minimum absolute atomic E-state index is 0.0760. The number of likely N-dealkylation sites (tertiary alicyclic amines) is 1. The maximum atomic E-state index is 12.1. The summed E-state index contributed by atoms with van der Waals surface area (Å²) in [5.41, 5.74) is -0.499. The average molecular weight is 241 g/mol. The van der Waals surface area contributed by atoms with Crippen LogP contribution in [0.4, 0.5) is 4.79 Å². The van der Waals surface area contributed by atoms with Crippen LogP contribution in [0.3, 0.4) is 0 Å². The molecule has 0 aromatic carbocycles. The molecular weight excluding hydrogens is 218 g/mol. The molecule has 2 heterocycles. The van der Waals surface area contributed by atoms with E-state index in [1.165, 1.54) is 0 Å². The molecule has 0 aromatic rings. The van der Waals surface area contributed by atoms with E-state index in [1.54, 1.807) is 0 Å². The van der Waals surface area contributed by atoms with Crippen LogP contribution >= 0.6 is 0 Å².